The van der Waals surface area contributed by atoms with Gasteiger partial charge in [-0.2, -0.15) is 0 Å². The van der Waals surface area contributed by atoms with Gasteiger partial charge in [-0.3, -0.25) is 5.43 Å². The predicted octanol–water partition coefficient (Wildman–Crippen LogP) is 2.33. The van der Waals surface area contributed by atoms with Gasteiger partial charge >= 0.3 is 0 Å². The van der Waals surface area contributed by atoms with Crippen molar-refractivity contribution in [2.75, 3.05) is 19.6 Å². The molecule has 2 nitrogen and oxygen atoms in total. The Hall–Kier alpha value is -0.340. The Kier molecular flexibility index (Phi) is 4.02. The Morgan fingerprint density at radius 2 is 2.00 bits per heavy atom. The fraction of sp³-hybridized carbons (Fsp3) is 0.833. The topological polar surface area (TPSA) is 15.3 Å². The molecule has 2 rings (SSSR count). The number of hydrazine groups is 1. The van der Waals surface area contributed by atoms with E-state index in [9.17, 15) is 0 Å². The van der Waals surface area contributed by atoms with Crippen LogP contribution in [0.1, 0.15) is 38.5 Å². The lowest BCUT2D eigenvalue weighted by Gasteiger charge is -2.29. The van der Waals surface area contributed by atoms with Crippen molar-refractivity contribution < 1.29 is 0 Å². The van der Waals surface area contributed by atoms with Crippen molar-refractivity contribution in [3.8, 4) is 0 Å². The highest BCUT2D eigenvalue weighted by atomic mass is 15.5. The summed E-state index contributed by atoms with van der Waals surface area (Å²) < 4.78 is 0. The maximum absolute atomic E-state index is 3.59. The Balaban J connectivity index is 1.63. The smallest absolute Gasteiger partial charge is 0.0134 e. The zero-order chi connectivity index (χ0) is 9.64. The van der Waals surface area contributed by atoms with Crippen LogP contribution in [0.3, 0.4) is 0 Å². The van der Waals surface area contributed by atoms with Gasteiger partial charge in [0.05, 0.1) is 0 Å². The molecule has 1 saturated heterocycles. The highest BCUT2D eigenvalue weighted by molar-refractivity contribution is 4.90. The largest absolute Gasteiger partial charge is 0.255 e. The van der Waals surface area contributed by atoms with E-state index in [2.05, 4.69) is 22.6 Å². The van der Waals surface area contributed by atoms with E-state index >= 15 is 0 Å². The second-order valence-corrected chi connectivity index (χ2v) is 4.56. The lowest BCUT2D eigenvalue weighted by Crippen LogP contribution is -2.43. The molecule has 0 radical (unpaired) electrons. The van der Waals surface area contributed by atoms with Crippen molar-refractivity contribution in [3.05, 3.63) is 12.2 Å². The minimum Gasteiger partial charge on any atom is -0.255 e. The summed E-state index contributed by atoms with van der Waals surface area (Å²) in [5, 5.41) is 2.42. The highest BCUT2D eigenvalue weighted by Gasteiger charge is 2.13. The van der Waals surface area contributed by atoms with Gasteiger partial charge in [-0.1, -0.05) is 18.6 Å². The molecule has 1 fully saturated rings. The number of nitrogens with one attached hydrogen (secondary N) is 1. The van der Waals surface area contributed by atoms with Gasteiger partial charge in [0, 0.05) is 19.6 Å². The number of piperidine rings is 1. The molecule has 0 amide bonds. The summed E-state index contributed by atoms with van der Waals surface area (Å²) in [6, 6.07) is 0. The molecule has 0 saturated carbocycles. The number of nitrogens with zero attached hydrogens (tertiary/aromatic N) is 1. The summed E-state index contributed by atoms with van der Waals surface area (Å²) in [6.07, 6.45) is 12.8. The first-order valence-electron chi connectivity index (χ1n) is 6.08. The maximum Gasteiger partial charge on any atom is 0.0134 e. The summed E-state index contributed by atoms with van der Waals surface area (Å²) in [5.74, 6) is 0.877. The quantitative estimate of drug-likeness (QED) is 0.694. The van der Waals surface area contributed by atoms with E-state index in [1.807, 2.05) is 0 Å². The summed E-state index contributed by atoms with van der Waals surface area (Å²) in [6.45, 7) is 3.69. The van der Waals surface area contributed by atoms with Crippen molar-refractivity contribution in [3.63, 3.8) is 0 Å². The molecule has 14 heavy (non-hydrogen) atoms. The van der Waals surface area contributed by atoms with Gasteiger partial charge in [-0.15, -0.1) is 0 Å². The molecule has 1 unspecified atom stereocenters. The molecule has 2 heteroatoms. The van der Waals surface area contributed by atoms with Crippen LogP contribution in [0.25, 0.3) is 0 Å². The standard InChI is InChI=1S/C12H22N2/c1-3-7-12(8-4-1)11-13-14-9-5-2-6-10-14/h1,3,12-13H,2,4-11H2. The van der Waals surface area contributed by atoms with E-state index < -0.39 is 0 Å². The van der Waals surface area contributed by atoms with Crippen LogP contribution >= 0.6 is 0 Å². The monoisotopic (exact) mass is 194 g/mol. The second kappa shape index (κ2) is 5.52. The van der Waals surface area contributed by atoms with Crippen molar-refractivity contribution >= 4 is 0 Å². The first-order chi connectivity index (χ1) is 6.95. The summed E-state index contributed by atoms with van der Waals surface area (Å²) in [7, 11) is 0. The van der Waals surface area contributed by atoms with Crippen molar-refractivity contribution in [2.24, 2.45) is 5.92 Å². The Bertz CT molecular complexity index is 183. The normalized spacial score (nSPS) is 29.3. The highest BCUT2D eigenvalue weighted by Crippen LogP contribution is 2.17. The minimum atomic E-state index is 0.877. The Labute approximate surface area is 87.3 Å². The molecule has 2 aliphatic rings. The van der Waals surface area contributed by atoms with Gasteiger partial charge in [-0.05, 0) is 38.0 Å². The molecule has 0 aromatic carbocycles. The molecule has 1 aliphatic heterocycles. The summed E-state index contributed by atoms with van der Waals surface area (Å²) in [5.41, 5.74) is 3.59. The number of hydrogen-bond acceptors (Lipinski definition) is 2. The van der Waals surface area contributed by atoms with E-state index in [1.165, 1.54) is 58.2 Å². The van der Waals surface area contributed by atoms with Gasteiger partial charge in [0.2, 0.25) is 0 Å². The molecule has 80 valence electrons. The van der Waals surface area contributed by atoms with Gasteiger partial charge < -0.3 is 0 Å². The average molecular weight is 194 g/mol. The third kappa shape index (κ3) is 3.10. The van der Waals surface area contributed by atoms with Crippen LogP contribution in [-0.2, 0) is 0 Å². The number of allylic oxidation sites excluding steroid dienone is 2. The lowest BCUT2D eigenvalue weighted by molar-refractivity contribution is 0.141. The van der Waals surface area contributed by atoms with Crippen LogP contribution < -0.4 is 5.43 Å². The Morgan fingerprint density at radius 1 is 1.14 bits per heavy atom. The van der Waals surface area contributed by atoms with Crippen molar-refractivity contribution in [1.29, 1.82) is 0 Å². The SMILES string of the molecule is C1=CCC(CNN2CCCCC2)CC1. The van der Waals surface area contributed by atoms with Crippen LogP contribution in [0, 0.1) is 5.92 Å². The fourth-order valence-electron chi connectivity index (χ4n) is 2.35. The van der Waals surface area contributed by atoms with Gasteiger partial charge in [0.25, 0.3) is 0 Å². The molecule has 0 aromatic rings. The summed E-state index contributed by atoms with van der Waals surface area (Å²) in [4.78, 5) is 0. The average Bonchev–Trinajstić information content (AvgIpc) is 2.29. The number of rotatable bonds is 3. The molecule has 0 bridgehead atoms. The molecular formula is C12H22N2. The zero-order valence-electron chi connectivity index (χ0n) is 9.04. The van der Waals surface area contributed by atoms with Crippen LogP contribution in [0.2, 0.25) is 0 Å². The van der Waals surface area contributed by atoms with E-state index in [-0.39, 0.29) is 0 Å². The molecule has 0 aromatic heterocycles. The molecule has 0 spiro atoms. The summed E-state index contributed by atoms with van der Waals surface area (Å²) >= 11 is 0. The van der Waals surface area contributed by atoms with E-state index in [0.717, 1.165) is 5.92 Å². The lowest BCUT2D eigenvalue weighted by atomic mass is 9.95. The first-order valence-corrected chi connectivity index (χ1v) is 6.08. The van der Waals surface area contributed by atoms with Crippen molar-refractivity contribution in [2.45, 2.75) is 38.5 Å². The van der Waals surface area contributed by atoms with Gasteiger partial charge in [0.15, 0.2) is 0 Å². The Morgan fingerprint density at radius 3 is 2.71 bits per heavy atom. The zero-order valence-corrected chi connectivity index (χ0v) is 9.04. The third-order valence-corrected chi connectivity index (χ3v) is 3.34. The molecule has 1 heterocycles. The minimum absolute atomic E-state index is 0.877. The van der Waals surface area contributed by atoms with Gasteiger partial charge in [0.1, 0.15) is 0 Å². The molecule has 1 N–H and O–H groups in total. The first kappa shape index (κ1) is 10.2. The van der Waals surface area contributed by atoms with Crippen LogP contribution in [0.5, 0.6) is 0 Å². The molecule has 1 atom stereocenters. The third-order valence-electron chi connectivity index (χ3n) is 3.34. The number of hydrogen-bond donors (Lipinski definition) is 1. The second-order valence-electron chi connectivity index (χ2n) is 4.56. The van der Waals surface area contributed by atoms with E-state index in [1.54, 1.807) is 0 Å². The van der Waals surface area contributed by atoms with Crippen LogP contribution in [-0.4, -0.2) is 24.6 Å². The maximum atomic E-state index is 3.59. The van der Waals surface area contributed by atoms with E-state index in [4.69, 9.17) is 0 Å². The predicted molar refractivity (Wildman–Crippen MR) is 59.9 cm³/mol. The fourth-order valence-corrected chi connectivity index (χ4v) is 2.35. The molecule has 1 aliphatic carbocycles. The molecular weight excluding hydrogens is 172 g/mol. The van der Waals surface area contributed by atoms with Crippen LogP contribution in [0.15, 0.2) is 12.2 Å². The van der Waals surface area contributed by atoms with Crippen molar-refractivity contribution in [1.82, 2.24) is 10.4 Å². The van der Waals surface area contributed by atoms with Crippen LogP contribution in [0.4, 0.5) is 0 Å². The van der Waals surface area contributed by atoms with E-state index in [0.29, 0.717) is 0 Å². The van der Waals surface area contributed by atoms with Gasteiger partial charge in [-0.25, -0.2) is 5.01 Å².